The largest absolute Gasteiger partial charge is 0.748 e. The predicted molar refractivity (Wildman–Crippen MR) is 187 cm³/mol. The molecule has 0 saturated carbocycles. The number of aromatic hydroxyl groups is 1. The summed E-state index contributed by atoms with van der Waals surface area (Å²) in [6, 6.07) is 12.5. The van der Waals surface area contributed by atoms with Crippen LogP contribution < -0.4 is 21.5 Å². The van der Waals surface area contributed by atoms with Crippen molar-refractivity contribution in [3.63, 3.8) is 0 Å². The molecule has 0 atom stereocenters. The quantitative estimate of drug-likeness (QED) is 0.0445. The Morgan fingerprint density at radius 1 is 0.923 bits per heavy atom. The van der Waals surface area contributed by atoms with Crippen molar-refractivity contribution in [2.75, 3.05) is 36.7 Å². The highest BCUT2D eigenvalue weighted by molar-refractivity contribution is 7.86. The molecule has 52 heavy (non-hydrogen) atoms. The standard InChI is InChI=1S/C29H37N9O11S2Si/c1-5-38-25(39)21(17-50(41,42)43)18(2)24(26(38)40)37-36-22-16-20(12-13-23(22)51(44,45)46)32-29-34-27(30-14-9-15-52(47,48-3)49-4)33-28(35-29)31-19-10-7-6-8-11-19/h6-8,10-13,16,39,47H,5,9,14-15,17H2,1-4H3,(H,41,42,43)(H,44,45,46)(H3,30,31,32,33,34,35)/p-2. The van der Waals surface area contributed by atoms with E-state index < -0.39 is 68.1 Å². The first-order chi connectivity index (χ1) is 24.5. The third-order valence-corrected chi connectivity index (χ3v) is 11.2. The lowest BCUT2D eigenvalue weighted by Gasteiger charge is -2.19. The summed E-state index contributed by atoms with van der Waals surface area (Å²) >= 11 is 0. The summed E-state index contributed by atoms with van der Waals surface area (Å²) < 4.78 is 82.0. The van der Waals surface area contributed by atoms with Crippen molar-refractivity contribution in [1.29, 1.82) is 0 Å². The number of nitrogens with one attached hydrogen (secondary N) is 3. The number of aromatic nitrogens is 4. The van der Waals surface area contributed by atoms with Crippen molar-refractivity contribution in [2.24, 2.45) is 10.2 Å². The van der Waals surface area contributed by atoms with E-state index in [0.717, 1.165) is 16.7 Å². The molecule has 0 radical (unpaired) electrons. The van der Waals surface area contributed by atoms with E-state index >= 15 is 0 Å². The molecule has 0 fully saturated rings. The van der Waals surface area contributed by atoms with Crippen molar-refractivity contribution in [3.8, 4) is 5.88 Å². The first-order valence-electron chi connectivity index (χ1n) is 15.3. The van der Waals surface area contributed by atoms with Gasteiger partial charge in [-0.2, -0.15) is 15.0 Å². The van der Waals surface area contributed by atoms with Gasteiger partial charge in [0.2, 0.25) is 17.8 Å². The molecule has 0 amide bonds. The highest BCUT2D eigenvalue weighted by Crippen LogP contribution is 2.33. The molecule has 0 saturated heterocycles. The number of hydrogen-bond acceptors (Lipinski definition) is 19. The minimum Gasteiger partial charge on any atom is -0.748 e. The Bertz CT molecular complexity index is 2220. The van der Waals surface area contributed by atoms with Gasteiger partial charge in [0.05, 0.1) is 20.8 Å². The second-order valence-electron chi connectivity index (χ2n) is 10.9. The van der Waals surface area contributed by atoms with Gasteiger partial charge < -0.3 is 43.8 Å². The Kier molecular flexibility index (Phi) is 12.8. The minimum atomic E-state index is -5.14. The van der Waals surface area contributed by atoms with Crippen LogP contribution in [0, 0.1) is 6.92 Å². The van der Waals surface area contributed by atoms with Gasteiger partial charge in [-0.3, -0.25) is 9.36 Å². The lowest BCUT2D eigenvalue weighted by Crippen LogP contribution is -2.40. The van der Waals surface area contributed by atoms with E-state index in [-0.39, 0.29) is 41.7 Å². The molecule has 280 valence electrons. The zero-order valence-corrected chi connectivity index (χ0v) is 30.9. The molecule has 0 spiro atoms. The molecule has 0 aliphatic heterocycles. The number of nitrogens with zero attached hydrogens (tertiary/aromatic N) is 6. The van der Waals surface area contributed by atoms with Crippen LogP contribution >= 0.6 is 0 Å². The maximum absolute atomic E-state index is 13.1. The Labute approximate surface area is 299 Å². The van der Waals surface area contributed by atoms with Crippen LogP contribution in [0.15, 0.2) is 68.4 Å². The van der Waals surface area contributed by atoms with Gasteiger partial charge in [0.1, 0.15) is 15.8 Å². The summed E-state index contributed by atoms with van der Waals surface area (Å²) in [5.41, 5.74) is -1.77. The minimum absolute atomic E-state index is 0.0418. The van der Waals surface area contributed by atoms with E-state index in [2.05, 4.69) is 41.1 Å². The van der Waals surface area contributed by atoms with E-state index in [1.807, 2.05) is 6.07 Å². The summed E-state index contributed by atoms with van der Waals surface area (Å²) in [5.74, 6) is -1.74. The Balaban J connectivity index is 1.72. The first kappa shape index (κ1) is 39.9. The molecule has 0 aliphatic carbocycles. The second kappa shape index (κ2) is 16.6. The fourth-order valence-electron chi connectivity index (χ4n) is 4.75. The Morgan fingerprint density at radius 3 is 2.12 bits per heavy atom. The van der Waals surface area contributed by atoms with Crippen molar-refractivity contribution >= 4 is 69.6 Å². The van der Waals surface area contributed by atoms with Crippen molar-refractivity contribution in [3.05, 3.63) is 70.0 Å². The Hall–Kier alpha value is -4.88. The molecule has 2 aromatic carbocycles. The van der Waals surface area contributed by atoms with Gasteiger partial charge in [0, 0.05) is 50.3 Å². The highest BCUT2D eigenvalue weighted by Gasteiger charge is 2.33. The van der Waals surface area contributed by atoms with Crippen LogP contribution in [0.4, 0.5) is 40.6 Å². The van der Waals surface area contributed by atoms with Crippen LogP contribution in [0.2, 0.25) is 6.04 Å². The van der Waals surface area contributed by atoms with Gasteiger partial charge in [-0.1, -0.05) is 18.2 Å². The smallest absolute Gasteiger partial charge is 0.497 e. The van der Waals surface area contributed by atoms with E-state index in [4.69, 9.17) is 8.85 Å². The Morgan fingerprint density at radius 2 is 1.54 bits per heavy atom. The fraction of sp³-hybridized carbons (Fsp3) is 0.310. The molecule has 2 aromatic heterocycles. The second-order valence-corrected chi connectivity index (χ2v) is 16.4. The molecule has 2 heterocycles. The van der Waals surface area contributed by atoms with Gasteiger partial charge in [0.25, 0.3) is 5.56 Å². The zero-order valence-electron chi connectivity index (χ0n) is 28.2. The summed E-state index contributed by atoms with van der Waals surface area (Å²) in [4.78, 5) is 35.7. The third kappa shape index (κ3) is 10.3. The molecule has 0 aliphatic rings. The van der Waals surface area contributed by atoms with E-state index in [1.54, 1.807) is 24.3 Å². The van der Waals surface area contributed by atoms with E-state index in [0.29, 0.717) is 18.7 Å². The number of benzene rings is 2. The number of hydrogen-bond donors (Lipinski definition) is 5. The van der Waals surface area contributed by atoms with Gasteiger partial charge in [-0.25, -0.2) is 16.8 Å². The van der Waals surface area contributed by atoms with Gasteiger partial charge in [-0.05, 0) is 56.2 Å². The van der Waals surface area contributed by atoms with Crippen molar-refractivity contribution < 1.29 is 44.7 Å². The topological polar surface area (TPSA) is 295 Å². The summed E-state index contributed by atoms with van der Waals surface area (Å²) in [7, 11) is -10.6. The maximum atomic E-state index is 13.1. The third-order valence-electron chi connectivity index (χ3n) is 7.42. The molecule has 5 N–H and O–H groups in total. The van der Waals surface area contributed by atoms with Crippen molar-refractivity contribution in [1.82, 2.24) is 19.5 Å². The van der Waals surface area contributed by atoms with Crippen molar-refractivity contribution in [2.45, 2.75) is 43.5 Å². The van der Waals surface area contributed by atoms with Crippen LogP contribution in [0.25, 0.3) is 0 Å². The molecular formula is C29H35N9O11S2Si-2. The molecule has 23 heteroatoms. The predicted octanol–water partition coefficient (Wildman–Crippen LogP) is 2.95. The molecule has 4 rings (SSSR count). The average molecular weight is 778 g/mol. The number of pyridine rings is 1. The average Bonchev–Trinajstić information content (AvgIpc) is 3.08. The number of anilines is 5. The lowest BCUT2D eigenvalue weighted by molar-refractivity contribution is 0.151. The van der Waals surface area contributed by atoms with Crippen LogP contribution in [0.3, 0.4) is 0 Å². The van der Waals surface area contributed by atoms with Crippen LogP contribution in [-0.2, 0) is 41.4 Å². The van der Waals surface area contributed by atoms with Gasteiger partial charge in [-0.15, -0.1) is 10.2 Å². The molecular weight excluding hydrogens is 743 g/mol. The lowest BCUT2D eigenvalue weighted by atomic mass is 10.1. The number of para-hydroxylation sites is 1. The fourth-order valence-corrected chi connectivity index (χ4v) is 7.24. The molecule has 0 unspecified atom stereocenters. The van der Waals surface area contributed by atoms with Crippen LogP contribution in [0.1, 0.15) is 24.5 Å². The summed E-state index contributed by atoms with van der Waals surface area (Å²) in [6.07, 6.45) is 0.428. The monoisotopic (exact) mass is 777 g/mol. The zero-order chi connectivity index (χ0) is 38.3. The number of azo groups is 1. The summed E-state index contributed by atoms with van der Waals surface area (Å²) in [6.45, 7) is 2.85. The molecule has 0 bridgehead atoms. The van der Waals surface area contributed by atoms with Gasteiger partial charge >= 0.3 is 8.80 Å². The first-order valence-corrected chi connectivity index (χ1v) is 20.2. The van der Waals surface area contributed by atoms with Crippen LogP contribution in [0.5, 0.6) is 5.88 Å². The van der Waals surface area contributed by atoms with Gasteiger partial charge in [0.15, 0.2) is 11.6 Å². The van der Waals surface area contributed by atoms with E-state index in [9.17, 15) is 40.6 Å². The highest BCUT2D eigenvalue weighted by atomic mass is 32.2. The maximum Gasteiger partial charge on any atom is 0.497 e. The SMILES string of the molecule is CCn1c(O)c(CS(=O)(=O)[O-])c(C)c(N=Nc2cc(Nc3nc(NCCC[Si](O)(OC)OC)nc(Nc4ccccc4)n3)ccc2S(=O)(=O)[O-])c1=O. The normalized spacial score (nSPS) is 12.3. The van der Waals surface area contributed by atoms with E-state index in [1.165, 1.54) is 34.1 Å². The molecule has 4 aromatic rings. The van der Waals surface area contributed by atoms with Crippen LogP contribution in [-0.4, -0.2) is 84.9 Å². The number of rotatable bonds is 17. The summed E-state index contributed by atoms with van der Waals surface area (Å²) in [5, 5.41) is 27.2. The molecule has 20 nitrogen and oxygen atoms in total.